The zero-order valence-electron chi connectivity index (χ0n) is 12.4. The number of rotatable bonds is 4. The quantitative estimate of drug-likeness (QED) is 0.652. The van der Waals surface area contributed by atoms with E-state index < -0.39 is 0 Å². The van der Waals surface area contributed by atoms with Crippen LogP contribution in [0.4, 0.5) is 0 Å². The van der Waals surface area contributed by atoms with E-state index in [1.807, 2.05) is 25.3 Å². The van der Waals surface area contributed by atoms with E-state index in [9.17, 15) is 0 Å². The minimum absolute atomic E-state index is 0.123. The van der Waals surface area contributed by atoms with Crippen molar-refractivity contribution in [3.05, 3.63) is 45.7 Å². The van der Waals surface area contributed by atoms with Crippen LogP contribution in [0.25, 0.3) is 11.0 Å². The van der Waals surface area contributed by atoms with Crippen molar-refractivity contribution >= 4 is 34.0 Å². The summed E-state index contributed by atoms with van der Waals surface area (Å²) in [4.78, 5) is 10.5. The van der Waals surface area contributed by atoms with Crippen LogP contribution < -0.4 is 0 Å². The molecular formula is C16H18ClN3S. The number of alkyl halides is 1. The molecule has 0 fully saturated rings. The number of benzene rings is 1. The van der Waals surface area contributed by atoms with E-state index in [4.69, 9.17) is 16.6 Å². The summed E-state index contributed by atoms with van der Waals surface area (Å²) in [5.41, 5.74) is 3.38. The van der Waals surface area contributed by atoms with Crippen LogP contribution in [0.3, 0.4) is 0 Å². The topological polar surface area (TPSA) is 30.7 Å². The van der Waals surface area contributed by atoms with Crippen molar-refractivity contribution in [1.29, 1.82) is 0 Å². The van der Waals surface area contributed by atoms with E-state index in [1.165, 1.54) is 10.4 Å². The molecule has 3 aromatic rings. The first-order chi connectivity index (χ1) is 10.1. The van der Waals surface area contributed by atoms with Gasteiger partial charge in [0.25, 0.3) is 0 Å². The second kappa shape index (κ2) is 5.78. The Balaban J connectivity index is 2.12. The molecule has 0 saturated carbocycles. The first-order valence-corrected chi connectivity index (χ1v) is 8.38. The van der Waals surface area contributed by atoms with Gasteiger partial charge in [-0.25, -0.2) is 9.97 Å². The van der Waals surface area contributed by atoms with Crippen LogP contribution in [0.1, 0.15) is 40.5 Å². The highest BCUT2D eigenvalue weighted by molar-refractivity contribution is 7.11. The molecule has 0 N–H and O–H groups in total. The van der Waals surface area contributed by atoms with Gasteiger partial charge in [-0.3, -0.25) is 0 Å². The lowest BCUT2D eigenvalue weighted by molar-refractivity contribution is 0.737. The average molecular weight is 320 g/mol. The van der Waals surface area contributed by atoms with Crippen molar-refractivity contribution in [2.45, 2.75) is 39.1 Å². The van der Waals surface area contributed by atoms with Crippen molar-refractivity contribution in [2.24, 2.45) is 0 Å². The van der Waals surface area contributed by atoms with Crippen molar-refractivity contribution < 1.29 is 0 Å². The fourth-order valence-electron chi connectivity index (χ4n) is 2.57. The number of nitrogens with zero attached hydrogens (tertiary/aromatic N) is 3. The molecular weight excluding hydrogens is 302 g/mol. The normalized spacial score (nSPS) is 13.0. The number of hydrogen-bond donors (Lipinski definition) is 0. The van der Waals surface area contributed by atoms with E-state index in [-0.39, 0.29) is 5.38 Å². The number of halogens is 1. The highest BCUT2D eigenvalue weighted by Crippen LogP contribution is 2.28. The second-order valence-corrected chi connectivity index (χ2v) is 7.04. The van der Waals surface area contributed by atoms with E-state index >= 15 is 0 Å². The Morgan fingerprint density at radius 2 is 2.19 bits per heavy atom. The standard InChI is InChI=1S/C16H18ClN3S/c1-4-12-8-18-14(21-12)9-20-15-10(2)6-5-7-13(15)19-16(20)11(3)17/h5-8,11H,4,9H2,1-3H3. The average Bonchev–Trinajstić information content (AvgIpc) is 3.05. The number of thiazole rings is 1. The first-order valence-electron chi connectivity index (χ1n) is 7.13. The molecule has 110 valence electrons. The summed E-state index contributed by atoms with van der Waals surface area (Å²) in [6, 6.07) is 6.19. The molecule has 1 atom stereocenters. The molecule has 0 aliphatic rings. The largest absolute Gasteiger partial charge is 0.320 e. The molecule has 0 saturated heterocycles. The summed E-state index contributed by atoms with van der Waals surface area (Å²) in [7, 11) is 0. The van der Waals surface area contributed by atoms with Gasteiger partial charge in [0, 0.05) is 11.1 Å². The lowest BCUT2D eigenvalue weighted by Crippen LogP contribution is -2.06. The number of fused-ring (bicyclic) bond motifs is 1. The predicted molar refractivity (Wildman–Crippen MR) is 89.3 cm³/mol. The number of hydrogen-bond acceptors (Lipinski definition) is 3. The van der Waals surface area contributed by atoms with Crippen LogP contribution in [-0.2, 0) is 13.0 Å². The van der Waals surface area contributed by atoms with Gasteiger partial charge in [0.05, 0.1) is 23.0 Å². The minimum Gasteiger partial charge on any atom is -0.320 e. The van der Waals surface area contributed by atoms with Gasteiger partial charge in [-0.05, 0) is 31.9 Å². The van der Waals surface area contributed by atoms with Gasteiger partial charge in [0.15, 0.2) is 0 Å². The number of imidazole rings is 1. The van der Waals surface area contributed by atoms with Gasteiger partial charge in [-0.2, -0.15) is 0 Å². The van der Waals surface area contributed by atoms with Gasteiger partial charge in [0.1, 0.15) is 10.8 Å². The van der Waals surface area contributed by atoms with Gasteiger partial charge >= 0.3 is 0 Å². The molecule has 3 nitrogen and oxygen atoms in total. The highest BCUT2D eigenvalue weighted by Gasteiger charge is 2.17. The van der Waals surface area contributed by atoms with Crippen molar-refractivity contribution in [1.82, 2.24) is 14.5 Å². The third kappa shape index (κ3) is 2.70. The van der Waals surface area contributed by atoms with Crippen LogP contribution >= 0.6 is 22.9 Å². The number of para-hydroxylation sites is 1. The molecule has 0 spiro atoms. The zero-order chi connectivity index (χ0) is 15.0. The fourth-order valence-corrected chi connectivity index (χ4v) is 3.58. The third-order valence-electron chi connectivity index (χ3n) is 3.60. The van der Waals surface area contributed by atoms with E-state index in [0.29, 0.717) is 0 Å². The summed E-state index contributed by atoms with van der Waals surface area (Å²) in [5, 5.41) is 0.982. The molecule has 5 heteroatoms. The summed E-state index contributed by atoms with van der Waals surface area (Å²) < 4.78 is 2.21. The number of aromatic nitrogens is 3. The maximum atomic E-state index is 6.33. The van der Waals surface area contributed by atoms with Crippen molar-refractivity contribution in [3.8, 4) is 0 Å². The van der Waals surface area contributed by atoms with Crippen LogP contribution in [0.5, 0.6) is 0 Å². The van der Waals surface area contributed by atoms with Crippen molar-refractivity contribution in [2.75, 3.05) is 0 Å². The van der Waals surface area contributed by atoms with E-state index in [1.54, 1.807) is 11.3 Å². The van der Waals surface area contributed by atoms with Gasteiger partial charge < -0.3 is 4.57 Å². The maximum absolute atomic E-state index is 6.33. The zero-order valence-corrected chi connectivity index (χ0v) is 14.0. The Labute approximate surface area is 133 Å². The Hall–Kier alpha value is -1.39. The molecule has 0 amide bonds. The highest BCUT2D eigenvalue weighted by atomic mass is 35.5. The third-order valence-corrected chi connectivity index (χ3v) is 4.92. The Morgan fingerprint density at radius 1 is 1.38 bits per heavy atom. The molecule has 1 aromatic carbocycles. The summed E-state index contributed by atoms with van der Waals surface area (Å²) >= 11 is 8.09. The Morgan fingerprint density at radius 3 is 2.86 bits per heavy atom. The van der Waals surface area contributed by atoms with E-state index in [2.05, 4.69) is 29.5 Å². The molecule has 2 aromatic heterocycles. The van der Waals surface area contributed by atoms with Crippen molar-refractivity contribution in [3.63, 3.8) is 0 Å². The minimum atomic E-state index is -0.123. The van der Waals surface area contributed by atoms with Crippen LogP contribution in [0.15, 0.2) is 24.4 Å². The lowest BCUT2D eigenvalue weighted by Gasteiger charge is -2.10. The molecule has 2 heterocycles. The molecule has 3 rings (SSSR count). The van der Waals surface area contributed by atoms with Crippen LogP contribution in [0.2, 0.25) is 0 Å². The fraction of sp³-hybridized carbons (Fsp3) is 0.375. The SMILES string of the molecule is CCc1cnc(Cn2c(C(C)Cl)nc3cccc(C)c32)s1. The van der Waals surface area contributed by atoms with Crippen LogP contribution in [0, 0.1) is 6.92 Å². The number of aryl methyl sites for hydroxylation is 2. The Kier molecular flexibility index (Phi) is 4.00. The van der Waals surface area contributed by atoms with Gasteiger partial charge in [-0.15, -0.1) is 22.9 Å². The smallest absolute Gasteiger partial charge is 0.128 e. The van der Waals surface area contributed by atoms with Gasteiger partial charge in [-0.1, -0.05) is 19.1 Å². The molecule has 0 aliphatic heterocycles. The monoisotopic (exact) mass is 319 g/mol. The molecule has 0 bridgehead atoms. The summed E-state index contributed by atoms with van der Waals surface area (Å²) in [5.74, 6) is 0.911. The van der Waals surface area contributed by atoms with Crippen LogP contribution in [-0.4, -0.2) is 14.5 Å². The predicted octanol–water partition coefficient (Wildman–Crippen LogP) is 4.71. The molecule has 21 heavy (non-hydrogen) atoms. The summed E-state index contributed by atoms with van der Waals surface area (Å²) in [6.45, 7) is 6.97. The Bertz CT molecular complexity index is 773. The molecule has 0 radical (unpaired) electrons. The second-order valence-electron chi connectivity index (χ2n) is 5.19. The van der Waals surface area contributed by atoms with E-state index in [0.717, 1.165) is 34.8 Å². The lowest BCUT2D eigenvalue weighted by atomic mass is 10.2. The first kappa shape index (κ1) is 14.5. The molecule has 1 unspecified atom stereocenters. The molecule has 0 aliphatic carbocycles. The maximum Gasteiger partial charge on any atom is 0.128 e. The summed E-state index contributed by atoms with van der Waals surface area (Å²) in [6.07, 6.45) is 3.00. The van der Waals surface area contributed by atoms with Gasteiger partial charge in [0.2, 0.25) is 0 Å².